The first-order valence-electron chi connectivity index (χ1n) is 9.00. The fourth-order valence-electron chi connectivity index (χ4n) is 3.53. The molecule has 1 aliphatic heterocycles. The van der Waals surface area contributed by atoms with Gasteiger partial charge >= 0.3 is 0 Å². The highest BCUT2D eigenvalue weighted by Gasteiger charge is 2.46. The second kappa shape index (κ2) is 7.33. The fraction of sp³-hybridized carbons (Fsp3) is 0.444. The summed E-state index contributed by atoms with van der Waals surface area (Å²) in [5, 5.41) is 3.88. The van der Waals surface area contributed by atoms with E-state index in [9.17, 15) is 13.2 Å². The van der Waals surface area contributed by atoms with Crippen molar-refractivity contribution in [3.05, 3.63) is 46.3 Å². The maximum absolute atomic E-state index is 12.7. The van der Waals surface area contributed by atoms with E-state index in [2.05, 4.69) is 10.3 Å². The highest BCUT2D eigenvalue weighted by Crippen LogP contribution is 2.40. The van der Waals surface area contributed by atoms with E-state index in [1.807, 2.05) is 0 Å². The number of carbonyl (C=O) groups is 1. The Morgan fingerprint density at radius 2 is 1.96 bits per heavy atom. The summed E-state index contributed by atoms with van der Waals surface area (Å²) in [6.45, 7) is 0.739. The SMILES string of the molecule is Cn1cnc(S(=O)(=O)N2CC(C(NC(=O)c3ccc(Cl)cc3Cl)C3CC3)C2)c1. The molecule has 1 saturated carbocycles. The molecular weight excluding hydrogens is 423 g/mol. The van der Waals surface area contributed by atoms with Crippen LogP contribution in [0.4, 0.5) is 0 Å². The summed E-state index contributed by atoms with van der Waals surface area (Å²) >= 11 is 12.0. The lowest BCUT2D eigenvalue weighted by Crippen LogP contribution is -2.58. The van der Waals surface area contributed by atoms with Crippen LogP contribution < -0.4 is 5.32 Å². The molecule has 4 rings (SSSR count). The van der Waals surface area contributed by atoms with Gasteiger partial charge in [0.2, 0.25) is 0 Å². The first-order chi connectivity index (χ1) is 13.3. The summed E-state index contributed by atoms with van der Waals surface area (Å²) in [6.07, 6.45) is 5.02. The second-order valence-electron chi connectivity index (χ2n) is 7.42. The van der Waals surface area contributed by atoms with Crippen LogP contribution in [-0.4, -0.2) is 47.3 Å². The van der Waals surface area contributed by atoms with Crippen molar-refractivity contribution in [3.8, 4) is 0 Å². The van der Waals surface area contributed by atoms with Crippen LogP contribution in [0, 0.1) is 11.8 Å². The van der Waals surface area contributed by atoms with Gasteiger partial charge in [-0.25, -0.2) is 13.4 Å². The van der Waals surface area contributed by atoms with Crippen LogP contribution in [0.2, 0.25) is 10.0 Å². The number of hydrogen-bond acceptors (Lipinski definition) is 4. The van der Waals surface area contributed by atoms with Crippen molar-refractivity contribution in [1.29, 1.82) is 0 Å². The van der Waals surface area contributed by atoms with Crippen molar-refractivity contribution < 1.29 is 13.2 Å². The number of halogens is 2. The molecule has 2 fully saturated rings. The van der Waals surface area contributed by atoms with Gasteiger partial charge in [-0.1, -0.05) is 23.2 Å². The Hall–Kier alpha value is -1.61. The average Bonchev–Trinajstić information content (AvgIpc) is 3.32. The molecule has 1 amide bonds. The minimum absolute atomic E-state index is 0.0494. The second-order valence-corrected chi connectivity index (χ2v) is 10.1. The van der Waals surface area contributed by atoms with Gasteiger partial charge in [-0.2, -0.15) is 4.31 Å². The third-order valence-corrected chi connectivity index (χ3v) is 7.54. The van der Waals surface area contributed by atoms with Gasteiger partial charge in [0, 0.05) is 43.3 Å². The minimum atomic E-state index is -3.59. The number of nitrogens with zero attached hydrogens (tertiary/aromatic N) is 3. The lowest BCUT2D eigenvalue weighted by Gasteiger charge is -2.42. The number of nitrogens with one attached hydrogen (secondary N) is 1. The zero-order valence-electron chi connectivity index (χ0n) is 15.2. The number of benzene rings is 1. The van der Waals surface area contributed by atoms with Crippen LogP contribution in [0.25, 0.3) is 0 Å². The molecule has 1 atom stereocenters. The molecule has 1 aliphatic carbocycles. The van der Waals surface area contributed by atoms with Gasteiger partial charge in [-0.05, 0) is 37.0 Å². The van der Waals surface area contributed by atoms with Crippen LogP contribution in [0.15, 0.2) is 35.7 Å². The van der Waals surface area contributed by atoms with Gasteiger partial charge < -0.3 is 9.88 Å². The third kappa shape index (κ3) is 3.78. The number of hydrogen-bond donors (Lipinski definition) is 1. The number of aryl methyl sites for hydroxylation is 1. The molecule has 1 N–H and O–H groups in total. The highest BCUT2D eigenvalue weighted by atomic mass is 35.5. The predicted octanol–water partition coefficient (Wildman–Crippen LogP) is 2.56. The molecule has 2 heterocycles. The Labute approximate surface area is 173 Å². The predicted molar refractivity (Wildman–Crippen MR) is 106 cm³/mol. The summed E-state index contributed by atoms with van der Waals surface area (Å²) in [5.74, 6) is 0.186. The molecular formula is C18H20Cl2N4O3S. The van der Waals surface area contributed by atoms with Crippen molar-refractivity contribution in [3.63, 3.8) is 0 Å². The summed E-state index contributed by atoms with van der Waals surface area (Å²) in [7, 11) is -1.86. The number of imidazole rings is 1. The molecule has 7 nitrogen and oxygen atoms in total. The molecule has 0 radical (unpaired) electrons. The smallest absolute Gasteiger partial charge is 0.262 e. The van der Waals surface area contributed by atoms with Gasteiger partial charge in [-0.3, -0.25) is 4.79 Å². The van der Waals surface area contributed by atoms with Gasteiger partial charge in [0.05, 0.1) is 16.9 Å². The number of aromatic nitrogens is 2. The van der Waals surface area contributed by atoms with Crippen LogP contribution in [0.5, 0.6) is 0 Å². The summed E-state index contributed by atoms with van der Waals surface area (Å²) in [5.41, 5.74) is 0.369. The number of carbonyl (C=O) groups excluding carboxylic acids is 1. The Kier molecular flexibility index (Phi) is 5.16. The van der Waals surface area contributed by atoms with Crippen molar-refractivity contribution in [2.45, 2.75) is 23.9 Å². The van der Waals surface area contributed by atoms with E-state index in [4.69, 9.17) is 23.2 Å². The zero-order chi connectivity index (χ0) is 20.1. The molecule has 2 aromatic rings. The molecule has 28 heavy (non-hydrogen) atoms. The van der Waals surface area contributed by atoms with Gasteiger partial charge in [0.15, 0.2) is 5.03 Å². The normalized spacial score (nSPS) is 19.2. The molecule has 0 spiro atoms. The Balaban J connectivity index is 1.43. The van der Waals surface area contributed by atoms with E-state index in [0.29, 0.717) is 34.6 Å². The largest absolute Gasteiger partial charge is 0.349 e. The Morgan fingerprint density at radius 1 is 1.25 bits per heavy atom. The molecule has 150 valence electrons. The average molecular weight is 443 g/mol. The molecule has 1 aromatic heterocycles. The number of amides is 1. The topological polar surface area (TPSA) is 84.3 Å². The van der Waals surface area contributed by atoms with E-state index in [1.165, 1.54) is 22.9 Å². The standard InChI is InChI=1S/C18H20Cl2N4O3S/c1-23-9-16(21-10-23)28(26,27)24-7-12(8-24)17(11-2-3-11)22-18(25)14-5-4-13(19)6-15(14)20/h4-6,9-12,17H,2-3,7-8H2,1H3,(H,22,25). The third-order valence-electron chi connectivity index (χ3n) is 5.27. The monoisotopic (exact) mass is 442 g/mol. The molecule has 1 unspecified atom stereocenters. The van der Waals surface area contributed by atoms with Crippen LogP contribution >= 0.6 is 23.2 Å². The van der Waals surface area contributed by atoms with Crippen molar-refractivity contribution in [1.82, 2.24) is 19.2 Å². The molecule has 0 bridgehead atoms. The minimum Gasteiger partial charge on any atom is -0.349 e. The number of rotatable bonds is 6. The maximum Gasteiger partial charge on any atom is 0.262 e. The van der Waals surface area contributed by atoms with E-state index in [1.54, 1.807) is 23.7 Å². The number of sulfonamides is 1. The first kappa shape index (κ1) is 19.7. The zero-order valence-corrected chi connectivity index (χ0v) is 17.5. The summed E-state index contributed by atoms with van der Waals surface area (Å²) in [6, 6.07) is 4.69. The van der Waals surface area contributed by atoms with E-state index in [0.717, 1.165) is 12.8 Å². The summed E-state index contributed by atoms with van der Waals surface area (Å²) < 4.78 is 28.3. The first-order valence-corrected chi connectivity index (χ1v) is 11.2. The van der Waals surface area contributed by atoms with Gasteiger partial charge in [0.1, 0.15) is 0 Å². The van der Waals surface area contributed by atoms with Crippen LogP contribution in [0.1, 0.15) is 23.2 Å². The summed E-state index contributed by atoms with van der Waals surface area (Å²) in [4.78, 5) is 16.6. The van der Waals surface area contributed by atoms with Crippen LogP contribution in [0.3, 0.4) is 0 Å². The van der Waals surface area contributed by atoms with Crippen molar-refractivity contribution in [2.75, 3.05) is 13.1 Å². The lowest BCUT2D eigenvalue weighted by molar-refractivity contribution is 0.0852. The lowest BCUT2D eigenvalue weighted by atomic mass is 9.90. The van der Waals surface area contributed by atoms with Crippen molar-refractivity contribution in [2.24, 2.45) is 18.9 Å². The molecule has 1 saturated heterocycles. The molecule has 1 aromatic carbocycles. The van der Waals surface area contributed by atoms with Gasteiger partial charge in [0.25, 0.3) is 15.9 Å². The molecule has 2 aliphatic rings. The Morgan fingerprint density at radius 3 is 2.54 bits per heavy atom. The van der Waals surface area contributed by atoms with E-state index >= 15 is 0 Å². The van der Waals surface area contributed by atoms with Crippen molar-refractivity contribution >= 4 is 39.1 Å². The Bertz CT molecular complexity index is 1010. The van der Waals surface area contributed by atoms with Gasteiger partial charge in [-0.15, -0.1) is 0 Å². The highest BCUT2D eigenvalue weighted by molar-refractivity contribution is 7.89. The maximum atomic E-state index is 12.7. The van der Waals surface area contributed by atoms with E-state index < -0.39 is 10.0 Å². The fourth-order valence-corrected chi connectivity index (χ4v) is 5.54. The molecule has 10 heteroatoms. The van der Waals surface area contributed by atoms with E-state index in [-0.39, 0.29) is 22.9 Å². The quantitative estimate of drug-likeness (QED) is 0.744. The van der Waals surface area contributed by atoms with Crippen LogP contribution in [-0.2, 0) is 17.1 Å².